The summed E-state index contributed by atoms with van der Waals surface area (Å²) >= 11 is 0. The lowest BCUT2D eigenvalue weighted by Crippen LogP contribution is -2.27. The van der Waals surface area contributed by atoms with E-state index < -0.39 is 5.41 Å². The number of phenolic OH excluding ortho intramolecular Hbond substituents is 2. The van der Waals surface area contributed by atoms with Crippen LogP contribution in [0.1, 0.15) is 29.7 Å². The highest BCUT2D eigenvalue weighted by Gasteiger charge is 2.51. The molecule has 1 aliphatic carbocycles. The molecule has 4 rings (SSSR count). The average Bonchev–Trinajstić information content (AvgIpc) is 3.35. The first kappa shape index (κ1) is 15.6. The van der Waals surface area contributed by atoms with Crippen LogP contribution in [0.5, 0.6) is 11.5 Å². The molecule has 5 nitrogen and oxygen atoms in total. The maximum absolute atomic E-state index is 12.9. The van der Waals surface area contributed by atoms with Crippen molar-refractivity contribution in [3.05, 3.63) is 53.2 Å². The van der Waals surface area contributed by atoms with Gasteiger partial charge in [0.05, 0.1) is 5.41 Å². The van der Waals surface area contributed by atoms with E-state index in [4.69, 9.17) is 0 Å². The Morgan fingerprint density at radius 1 is 1.08 bits per heavy atom. The molecule has 1 aliphatic rings. The minimum atomic E-state index is -0.622. The van der Waals surface area contributed by atoms with Crippen LogP contribution in [0.4, 0.5) is 5.69 Å². The number of aromatic amines is 1. The van der Waals surface area contributed by atoms with Gasteiger partial charge in [-0.2, -0.15) is 0 Å². The number of phenols is 2. The van der Waals surface area contributed by atoms with Crippen LogP contribution in [-0.2, 0) is 10.2 Å². The number of aryl methyl sites for hydroxylation is 2. The summed E-state index contributed by atoms with van der Waals surface area (Å²) < 4.78 is 0. The zero-order valence-corrected chi connectivity index (χ0v) is 14.2. The lowest BCUT2D eigenvalue weighted by atomic mass is 9.94. The molecule has 0 saturated heterocycles. The Kier molecular flexibility index (Phi) is 3.29. The summed E-state index contributed by atoms with van der Waals surface area (Å²) in [7, 11) is 0. The van der Waals surface area contributed by atoms with Crippen LogP contribution in [-0.4, -0.2) is 21.1 Å². The number of carbonyl (C=O) groups is 1. The van der Waals surface area contributed by atoms with Gasteiger partial charge in [-0.3, -0.25) is 4.79 Å². The van der Waals surface area contributed by atoms with E-state index in [9.17, 15) is 15.0 Å². The second-order valence-electron chi connectivity index (χ2n) is 6.88. The third-order valence-corrected chi connectivity index (χ3v) is 5.28. The van der Waals surface area contributed by atoms with Crippen LogP contribution in [0.3, 0.4) is 0 Å². The highest BCUT2D eigenvalue weighted by atomic mass is 16.3. The number of fused-ring (bicyclic) bond motifs is 1. The van der Waals surface area contributed by atoms with Gasteiger partial charge in [0.2, 0.25) is 5.91 Å². The highest BCUT2D eigenvalue weighted by Crippen LogP contribution is 2.50. The first-order chi connectivity index (χ1) is 11.9. The molecular formula is C20H20N2O3. The smallest absolute Gasteiger partial charge is 0.235 e. The Morgan fingerprint density at radius 2 is 1.84 bits per heavy atom. The van der Waals surface area contributed by atoms with Crippen LogP contribution >= 0.6 is 0 Å². The molecule has 0 atom stereocenters. The molecule has 3 aromatic rings. The van der Waals surface area contributed by atoms with Gasteiger partial charge in [-0.1, -0.05) is 6.07 Å². The number of aromatic hydroxyl groups is 2. The Hall–Kier alpha value is -2.95. The van der Waals surface area contributed by atoms with Crippen LogP contribution in [0, 0.1) is 13.8 Å². The number of aromatic nitrogens is 1. The predicted octanol–water partition coefficient (Wildman–Crippen LogP) is 3.87. The second-order valence-corrected chi connectivity index (χ2v) is 6.88. The van der Waals surface area contributed by atoms with Gasteiger partial charge in [-0.05, 0) is 68.1 Å². The Morgan fingerprint density at radius 3 is 2.52 bits per heavy atom. The number of nitrogens with one attached hydrogen (secondary N) is 2. The fraction of sp³-hybridized carbons (Fsp3) is 0.250. The van der Waals surface area contributed by atoms with Gasteiger partial charge in [0.1, 0.15) is 0 Å². The number of amides is 1. The summed E-state index contributed by atoms with van der Waals surface area (Å²) in [4.78, 5) is 16.2. The molecule has 1 amide bonds. The summed E-state index contributed by atoms with van der Waals surface area (Å²) in [6.07, 6.45) is 1.46. The van der Waals surface area contributed by atoms with Crippen molar-refractivity contribution in [3.63, 3.8) is 0 Å². The molecule has 0 spiro atoms. The maximum atomic E-state index is 12.9. The largest absolute Gasteiger partial charge is 0.504 e. The SMILES string of the molecule is Cc1[nH]c2ccc(NC(=O)C3(c4ccc(O)c(O)c4)CC3)cc2c1C. The first-order valence-electron chi connectivity index (χ1n) is 8.33. The molecule has 0 unspecified atom stereocenters. The zero-order chi connectivity index (χ0) is 17.8. The van der Waals surface area contributed by atoms with Gasteiger partial charge in [-0.15, -0.1) is 0 Å². The molecule has 4 N–H and O–H groups in total. The average molecular weight is 336 g/mol. The molecule has 128 valence electrons. The van der Waals surface area contributed by atoms with Crippen LogP contribution in [0.25, 0.3) is 10.9 Å². The van der Waals surface area contributed by atoms with E-state index in [0.29, 0.717) is 0 Å². The normalized spacial score (nSPS) is 15.3. The molecule has 1 fully saturated rings. The van der Waals surface area contributed by atoms with Crippen molar-refractivity contribution in [1.29, 1.82) is 0 Å². The second kappa shape index (κ2) is 5.28. The van der Waals surface area contributed by atoms with Gasteiger partial charge in [0.15, 0.2) is 11.5 Å². The van der Waals surface area contributed by atoms with Crippen molar-refractivity contribution in [2.24, 2.45) is 0 Å². The minimum absolute atomic E-state index is 0.0816. The van der Waals surface area contributed by atoms with Gasteiger partial charge in [0.25, 0.3) is 0 Å². The van der Waals surface area contributed by atoms with E-state index >= 15 is 0 Å². The lowest BCUT2D eigenvalue weighted by molar-refractivity contribution is -0.118. The Bertz CT molecular complexity index is 1000. The molecule has 1 saturated carbocycles. The fourth-order valence-electron chi connectivity index (χ4n) is 3.38. The van der Waals surface area contributed by atoms with Crippen molar-refractivity contribution < 1.29 is 15.0 Å². The van der Waals surface area contributed by atoms with E-state index in [0.717, 1.165) is 40.7 Å². The van der Waals surface area contributed by atoms with Crippen molar-refractivity contribution in [2.45, 2.75) is 32.1 Å². The number of hydrogen-bond donors (Lipinski definition) is 4. The van der Waals surface area contributed by atoms with Crippen molar-refractivity contribution in [1.82, 2.24) is 4.98 Å². The van der Waals surface area contributed by atoms with E-state index in [1.54, 1.807) is 6.07 Å². The Balaban J connectivity index is 1.63. The van der Waals surface area contributed by atoms with Gasteiger partial charge in [0, 0.05) is 22.3 Å². The zero-order valence-electron chi connectivity index (χ0n) is 14.2. The van der Waals surface area contributed by atoms with Crippen LogP contribution in [0.15, 0.2) is 36.4 Å². The molecule has 1 heterocycles. The van der Waals surface area contributed by atoms with E-state index in [1.165, 1.54) is 17.7 Å². The van der Waals surface area contributed by atoms with Crippen molar-refractivity contribution >= 4 is 22.5 Å². The third kappa shape index (κ3) is 2.43. The van der Waals surface area contributed by atoms with Crippen molar-refractivity contribution in [2.75, 3.05) is 5.32 Å². The van der Waals surface area contributed by atoms with Crippen LogP contribution < -0.4 is 5.32 Å². The number of anilines is 1. The summed E-state index contributed by atoms with van der Waals surface area (Å²) in [6.45, 7) is 4.09. The summed E-state index contributed by atoms with van der Waals surface area (Å²) in [6, 6.07) is 10.4. The van der Waals surface area contributed by atoms with E-state index in [-0.39, 0.29) is 17.4 Å². The number of hydrogen-bond acceptors (Lipinski definition) is 3. The predicted molar refractivity (Wildman–Crippen MR) is 97.1 cm³/mol. The molecule has 2 aromatic carbocycles. The standard InChI is InChI=1S/C20H20N2O3/c1-11-12(2)21-16-5-4-14(10-15(11)16)22-19(25)20(7-8-20)13-3-6-17(23)18(24)9-13/h3-6,9-10,21,23-24H,7-8H2,1-2H3,(H,22,25). The van der Waals surface area contributed by atoms with Gasteiger partial charge >= 0.3 is 0 Å². The van der Waals surface area contributed by atoms with Crippen LogP contribution in [0.2, 0.25) is 0 Å². The first-order valence-corrected chi connectivity index (χ1v) is 8.33. The fourth-order valence-corrected chi connectivity index (χ4v) is 3.38. The summed E-state index contributed by atoms with van der Waals surface area (Å²) in [5.41, 5.74) is 4.22. The maximum Gasteiger partial charge on any atom is 0.235 e. The molecule has 5 heteroatoms. The molecule has 25 heavy (non-hydrogen) atoms. The molecule has 0 aliphatic heterocycles. The third-order valence-electron chi connectivity index (χ3n) is 5.28. The number of H-pyrrole nitrogens is 1. The molecule has 1 aromatic heterocycles. The number of benzene rings is 2. The lowest BCUT2D eigenvalue weighted by Gasteiger charge is -2.16. The van der Waals surface area contributed by atoms with Crippen molar-refractivity contribution in [3.8, 4) is 11.5 Å². The highest BCUT2D eigenvalue weighted by molar-refractivity contribution is 6.02. The minimum Gasteiger partial charge on any atom is -0.504 e. The quantitative estimate of drug-likeness (QED) is 0.548. The summed E-state index contributed by atoms with van der Waals surface area (Å²) in [5, 5.41) is 23.3. The molecular weight excluding hydrogens is 316 g/mol. The van der Waals surface area contributed by atoms with Gasteiger partial charge < -0.3 is 20.5 Å². The summed E-state index contributed by atoms with van der Waals surface area (Å²) in [5.74, 6) is -0.456. The molecule has 0 bridgehead atoms. The number of rotatable bonds is 3. The molecule has 0 radical (unpaired) electrons. The van der Waals surface area contributed by atoms with E-state index in [2.05, 4.69) is 17.2 Å². The van der Waals surface area contributed by atoms with E-state index in [1.807, 2.05) is 25.1 Å². The van der Waals surface area contributed by atoms with Gasteiger partial charge in [-0.25, -0.2) is 0 Å². The number of carbonyl (C=O) groups excluding carboxylic acids is 1. The monoisotopic (exact) mass is 336 g/mol. The topological polar surface area (TPSA) is 85.4 Å². The Labute approximate surface area is 145 Å².